The maximum atomic E-state index is 12.5. The van der Waals surface area contributed by atoms with Crippen LogP contribution < -0.4 is 10.6 Å². The summed E-state index contributed by atoms with van der Waals surface area (Å²) in [6.07, 6.45) is 0. The highest BCUT2D eigenvalue weighted by molar-refractivity contribution is 6.09. The number of hydrogen-bond acceptors (Lipinski definition) is 4. The lowest BCUT2D eigenvalue weighted by Crippen LogP contribution is -2.31. The molecule has 0 aromatic heterocycles. The number of rotatable bonds is 5. The lowest BCUT2D eigenvalue weighted by molar-refractivity contribution is 0.0600. The Balaban J connectivity index is 2.24. The number of nitrogens with one attached hydrogen (secondary N) is 2. The van der Waals surface area contributed by atoms with Crippen LogP contribution in [0.2, 0.25) is 0 Å². The Kier molecular flexibility index (Phi) is 5.89. The zero-order chi connectivity index (χ0) is 18.4. The maximum absolute atomic E-state index is 12.5. The fraction of sp³-hybridized carbons (Fsp3) is 0.211. The van der Waals surface area contributed by atoms with Crippen LogP contribution in [0.25, 0.3) is 0 Å². The second-order valence-corrected chi connectivity index (χ2v) is 5.70. The van der Waals surface area contributed by atoms with E-state index in [0.29, 0.717) is 16.8 Å². The summed E-state index contributed by atoms with van der Waals surface area (Å²) in [5.74, 6) is -1.21. The average molecular weight is 340 g/mol. The molecular formula is C19H20N2O4. The number of carbonyl (C=O) groups is 3. The minimum atomic E-state index is -0.522. The molecule has 0 fully saturated rings. The van der Waals surface area contributed by atoms with Gasteiger partial charge in [0.1, 0.15) is 0 Å². The summed E-state index contributed by atoms with van der Waals surface area (Å²) in [6.45, 7) is 3.72. The van der Waals surface area contributed by atoms with Crippen LogP contribution in [0.1, 0.15) is 44.9 Å². The Morgan fingerprint density at radius 2 is 1.60 bits per heavy atom. The van der Waals surface area contributed by atoms with Gasteiger partial charge in [-0.3, -0.25) is 9.59 Å². The largest absolute Gasteiger partial charge is 0.465 e. The molecule has 0 aliphatic rings. The summed E-state index contributed by atoms with van der Waals surface area (Å²) in [5, 5.41) is 5.51. The summed E-state index contributed by atoms with van der Waals surface area (Å²) in [4.78, 5) is 36.3. The number of benzene rings is 2. The standard InChI is InChI=1S/C19H20N2O4/c1-12(2)20-18(23)15-9-4-5-10-16(15)21-17(22)13-7-6-8-14(11-13)19(24)25-3/h4-12H,1-3H3,(H,20,23)(H,21,22). The van der Waals surface area contributed by atoms with Gasteiger partial charge in [0.25, 0.3) is 11.8 Å². The summed E-state index contributed by atoms with van der Waals surface area (Å²) >= 11 is 0. The van der Waals surface area contributed by atoms with Crippen molar-refractivity contribution in [2.24, 2.45) is 0 Å². The first-order valence-corrected chi connectivity index (χ1v) is 7.82. The van der Waals surface area contributed by atoms with Crippen molar-refractivity contribution in [3.63, 3.8) is 0 Å². The lowest BCUT2D eigenvalue weighted by Gasteiger charge is -2.13. The number of amides is 2. The van der Waals surface area contributed by atoms with E-state index in [-0.39, 0.29) is 17.5 Å². The number of ether oxygens (including phenoxy) is 1. The summed E-state index contributed by atoms with van der Waals surface area (Å²) in [7, 11) is 1.28. The molecule has 130 valence electrons. The van der Waals surface area contributed by atoms with Crippen molar-refractivity contribution in [1.29, 1.82) is 0 Å². The quantitative estimate of drug-likeness (QED) is 0.820. The zero-order valence-electron chi connectivity index (χ0n) is 14.3. The maximum Gasteiger partial charge on any atom is 0.337 e. The molecule has 0 unspecified atom stereocenters. The molecule has 25 heavy (non-hydrogen) atoms. The normalized spacial score (nSPS) is 10.2. The first-order valence-electron chi connectivity index (χ1n) is 7.82. The van der Waals surface area contributed by atoms with Gasteiger partial charge >= 0.3 is 5.97 Å². The fourth-order valence-corrected chi connectivity index (χ4v) is 2.23. The number of carbonyl (C=O) groups excluding carboxylic acids is 3. The van der Waals surface area contributed by atoms with Crippen LogP contribution in [0.5, 0.6) is 0 Å². The van der Waals surface area contributed by atoms with Gasteiger partial charge in [-0.1, -0.05) is 18.2 Å². The zero-order valence-corrected chi connectivity index (χ0v) is 14.3. The lowest BCUT2D eigenvalue weighted by atomic mass is 10.1. The van der Waals surface area contributed by atoms with Gasteiger partial charge in [0.05, 0.1) is 23.9 Å². The monoisotopic (exact) mass is 340 g/mol. The van der Waals surface area contributed by atoms with Gasteiger partial charge in [-0.2, -0.15) is 0 Å². The number of anilines is 1. The Hall–Kier alpha value is -3.15. The van der Waals surface area contributed by atoms with Gasteiger partial charge < -0.3 is 15.4 Å². The molecule has 0 radical (unpaired) electrons. The highest BCUT2D eigenvalue weighted by atomic mass is 16.5. The summed E-state index contributed by atoms with van der Waals surface area (Å²) in [6, 6.07) is 12.9. The van der Waals surface area contributed by atoms with E-state index in [1.54, 1.807) is 42.5 Å². The third-order valence-electron chi connectivity index (χ3n) is 3.39. The van der Waals surface area contributed by atoms with Crippen LogP contribution >= 0.6 is 0 Å². The second kappa shape index (κ2) is 8.10. The first kappa shape index (κ1) is 18.2. The van der Waals surface area contributed by atoms with Crippen LogP contribution in [-0.2, 0) is 4.74 Å². The highest BCUT2D eigenvalue weighted by Crippen LogP contribution is 2.17. The molecule has 0 aliphatic heterocycles. The van der Waals surface area contributed by atoms with E-state index >= 15 is 0 Å². The van der Waals surface area contributed by atoms with Crippen LogP contribution in [0, 0.1) is 0 Å². The van der Waals surface area contributed by atoms with Crippen LogP contribution in [0.3, 0.4) is 0 Å². The van der Waals surface area contributed by atoms with Crippen molar-refractivity contribution in [3.8, 4) is 0 Å². The number of hydrogen-bond donors (Lipinski definition) is 2. The number of methoxy groups -OCH3 is 1. The molecule has 6 heteroatoms. The first-order chi connectivity index (χ1) is 11.9. The van der Waals surface area contributed by atoms with Crippen LogP contribution in [0.15, 0.2) is 48.5 Å². The summed E-state index contributed by atoms with van der Waals surface area (Å²) < 4.78 is 4.65. The Morgan fingerprint density at radius 1 is 0.920 bits per heavy atom. The molecule has 6 nitrogen and oxygen atoms in total. The second-order valence-electron chi connectivity index (χ2n) is 5.70. The molecule has 0 heterocycles. The Labute approximate surface area is 146 Å². The molecule has 2 amide bonds. The van der Waals surface area contributed by atoms with Crippen LogP contribution in [-0.4, -0.2) is 30.9 Å². The molecular weight excluding hydrogens is 320 g/mol. The Morgan fingerprint density at radius 3 is 2.28 bits per heavy atom. The summed E-state index contributed by atoms with van der Waals surface area (Å²) in [5.41, 5.74) is 1.34. The van der Waals surface area contributed by atoms with E-state index in [1.807, 2.05) is 13.8 Å². The smallest absolute Gasteiger partial charge is 0.337 e. The van der Waals surface area contributed by atoms with Gasteiger partial charge in [0.15, 0.2) is 0 Å². The van der Waals surface area contributed by atoms with E-state index in [9.17, 15) is 14.4 Å². The van der Waals surface area contributed by atoms with E-state index in [2.05, 4.69) is 15.4 Å². The number of para-hydroxylation sites is 1. The molecule has 0 saturated heterocycles. The van der Waals surface area contributed by atoms with Gasteiger partial charge in [-0.25, -0.2) is 4.79 Å². The Bertz CT molecular complexity index is 800. The molecule has 2 rings (SSSR count). The van der Waals surface area contributed by atoms with Crippen molar-refractivity contribution in [3.05, 3.63) is 65.2 Å². The van der Waals surface area contributed by atoms with Crippen molar-refractivity contribution in [2.75, 3.05) is 12.4 Å². The predicted octanol–water partition coefficient (Wildman–Crippen LogP) is 2.86. The van der Waals surface area contributed by atoms with Crippen molar-refractivity contribution in [2.45, 2.75) is 19.9 Å². The minimum absolute atomic E-state index is 0.0204. The fourth-order valence-electron chi connectivity index (χ4n) is 2.23. The molecule has 0 saturated carbocycles. The molecule has 0 spiro atoms. The van der Waals surface area contributed by atoms with E-state index in [4.69, 9.17) is 0 Å². The SMILES string of the molecule is COC(=O)c1cccc(C(=O)Nc2ccccc2C(=O)NC(C)C)c1. The van der Waals surface area contributed by atoms with Gasteiger partial charge in [0, 0.05) is 11.6 Å². The van der Waals surface area contributed by atoms with E-state index in [0.717, 1.165) is 0 Å². The van der Waals surface area contributed by atoms with Crippen molar-refractivity contribution >= 4 is 23.5 Å². The van der Waals surface area contributed by atoms with Crippen molar-refractivity contribution < 1.29 is 19.1 Å². The van der Waals surface area contributed by atoms with E-state index in [1.165, 1.54) is 13.2 Å². The van der Waals surface area contributed by atoms with Gasteiger partial charge in [-0.15, -0.1) is 0 Å². The minimum Gasteiger partial charge on any atom is -0.465 e. The van der Waals surface area contributed by atoms with Gasteiger partial charge in [0.2, 0.25) is 0 Å². The molecule has 2 N–H and O–H groups in total. The molecule has 0 aliphatic carbocycles. The van der Waals surface area contributed by atoms with Gasteiger partial charge in [-0.05, 0) is 44.2 Å². The molecule has 0 atom stereocenters. The number of esters is 1. The van der Waals surface area contributed by atoms with Crippen molar-refractivity contribution in [1.82, 2.24) is 5.32 Å². The molecule has 2 aromatic carbocycles. The van der Waals surface area contributed by atoms with Crippen LogP contribution in [0.4, 0.5) is 5.69 Å². The third kappa shape index (κ3) is 4.67. The van der Waals surface area contributed by atoms with E-state index < -0.39 is 11.9 Å². The molecule has 2 aromatic rings. The average Bonchev–Trinajstić information content (AvgIpc) is 2.61. The topological polar surface area (TPSA) is 84.5 Å². The third-order valence-corrected chi connectivity index (χ3v) is 3.39. The highest BCUT2D eigenvalue weighted by Gasteiger charge is 2.15. The predicted molar refractivity (Wildman–Crippen MR) is 94.8 cm³/mol. The molecule has 0 bridgehead atoms.